The van der Waals surface area contributed by atoms with Crippen LogP contribution in [0.5, 0.6) is 5.75 Å². The summed E-state index contributed by atoms with van der Waals surface area (Å²) >= 11 is 13.4. The lowest BCUT2D eigenvalue weighted by molar-refractivity contribution is 0.0105. The Morgan fingerprint density at radius 3 is 2.29 bits per heavy atom. The van der Waals surface area contributed by atoms with Crippen molar-refractivity contribution in [3.8, 4) is 16.9 Å². The van der Waals surface area contributed by atoms with Gasteiger partial charge in [0, 0.05) is 54.6 Å². The van der Waals surface area contributed by atoms with Crippen molar-refractivity contribution in [3.05, 3.63) is 75.0 Å². The van der Waals surface area contributed by atoms with Gasteiger partial charge < -0.3 is 34.0 Å². The van der Waals surface area contributed by atoms with Gasteiger partial charge in [0.1, 0.15) is 11.6 Å². The monoisotopic (exact) mass is 696 g/mol. The van der Waals surface area contributed by atoms with E-state index in [1.54, 1.807) is 30.3 Å². The SMILES string of the molecule is O=C(O)c1cc(F)c(-c2cccc3c2OCN(C(=O)c2c(Cl)cc(N4CC(N5CCOCC5)C4)cc2Cl)C3)cc1N1C2CCC1COC2. The molecule has 0 saturated carbocycles. The quantitative estimate of drug-likeness (QED) is 0.365. The van der Waals surface area contributed by atoms with Gasteiger partial charge in [-0.1, -0.05) is 41.4 Å². The number of aromatic carboxylic acids is 1. The molecule has 5 aliphatic rings. The summed E-state index contributed by atoms with van der Waals surface area (Å²) < 4.78 is 33.0. The third kappa shape index (κ3) is 5.55. The Kier molecular flexibility index (Phi) is 8.36. The highest BCUT2D eigenvalue weighted by Crippen LogP contribution is 2.43. The van der Waals surface area contributed by atoms with Crippen molar-refractivity contribution in [1.29, 1.82) is 0 Å². The molecule has 10 nitrogen and oxygen atoms in total. The van der Waals surface area contributed by atoms with Crippen molar-refractivity contribution in [2.24, 2.45) is 0 Å². The normalized spacial score (nSPS) is 22.7. The molecule has 0 radical (unpaired) electrons. The van der Waals surface area contributed by atoms with Gasteiger partial charge in [-0.25, -0.2) is 9.18 Å². The van der Waals surface area contributed by atoms with Crippen LogP contribution >= 0.6 is 23.2 Å². The van der Waals surface area contributed by atoms with Crippen LogP contribution < -0.4 is 14.5 Å². The van der Waals surface area contributed by atoms with Crippen LogP contribution in [0.25, 0.3) is 11.1 Å². The zero-order valence-electron chi connectivity index (χ0n) is 26.2. The average Bonchev–Trinajstić information content (AvgIpc) is 3.30. The van der Waals surface area contributed by atoms with Crippen molar-refractivity contribution >= 4 is 46.5 Å². The fourth-order valence-electron chi connectivity index (χ4n) is 7.74. The molecule has 1 amide bonds. The van der Waals surface area contributed by atoms with Gasteiger partial charge in [0.2, 0.25) is 0 Å². The summed E-state index contributed by atoms with van der Waals surface area (Å²) in [4.78, 5) is 34.2. The maximum atomic E-state index is 15.7. The minimum Gasteiger partial charge on any atom is -0.478 e. The van der Waals surface area contributed by atoms with Gasteiger partial charge in [0.25, 0.3) is 5.91 Å². The largest absolute Gasteiger partial charge is 0.478 e. The number of carboxylic acid groups (broad SMARTS) is 1. The van der Waals surface area contributed by atoms with E-state index in [4.69, 9.17) is 37.4 Å². The fourth-order valence-corrected chi connectivity index (χ4v) is 8.37. The number of amides is 1. The third-order valence-corrected chi connectivity index (χ3v) is 10.9. The molecule has 5 aliphatic heterocycles. The number of hydrogen-bond donors (Lipinski definition) is 1. The predicted molar refractivity (Wildman–Crippen MR) is 179 cm³/mol. The number of carboxylic acids is 1. The molecule has 13 heteroatoms. The van der Waals surface area contributed by atoms with Crippen molar-refractivity contribution in [1.82, 2.24) is 9.80 Å². The minimum absolute atomic E-state index is 0.0336. The zero-order chi connectivity index (χ0) is 33.1. The number of anilines is 2. The number of para-hydroxylation sites is 1. The third-order valence-electron chi connectivity index (χ3n) is 10.3. The standard InChI is InChI=1S/C35H35Cl2FN4O6/c36-28-10-23(40-15-24(16-40)39-6-8-46-9-7-39)11-29(37)32(28)34(43)41-14-20-2-1-3-25(33(20)48-19-41)26-13-31(27(35(44)45)12-30(26)38)42-21-4-5-22(42)18-47-17-21/h1-3,10-13,21-22,24H,4-9,14-19H2,(H,44,45). The van der Waals surface area contributed by atoms with Gasteiger partial charge in [0.05, 0.1) is 71.9 Å². The predicted octanol–water partition coefficient (Wildman–Crippen LogP) is 5.38. The van der Waals surface area contributed by atoms with Crippen LogP contribution in [0.4, 0.5) is 15.8 Å². The molecule has 2 bridgehead atoms. The highest BCUT2D eigenvalue weighted by molar-refractivity contribution is 6.40. The number of halogens is 3. The Morgan fingerprint density at radius 2 is 1.60 bits per heavy atom. The number of hydrogen-bond acceptors (Lipinski definition) is 8. The minimum atomic E-state index is -1.19. The second kappa shape index (κ2) is 12.7. The van der Waals surface area contributed by atoms with Crippen LogP contribution in [0.3, 0.4) is 0 Å². The number of rotatable bonds is 6. The highest BCUT2D eigenvalue weighted by atomic mass is 35.5. The number of carbonyl (C=O) groups excluding carboxylic acids is 1. The molecule has 1 N–H and O–H groups in total. The lowest BCUT2D eigenvalue weighted by atomic mass is 9.96. The molecule has 4 saturated heterocycles. The summed E-state index contributed by atoms with van der Waals surface area (Å²) in [6, 6.07) is 12.2. The van der Waals surface area contributed by atoms with Gasteiger partial charge in [-0.15, -0.1) is 0 Å². The molecule has 2 unspecified atom stereocenters. The van der Waals surface area contributed by atoms with E-state index in [1.807, 2.05) is 6.07 Å². The number of benzene rings is 3. The van der Waals surface area contributed by atoms with Gasteiger partial charge in [-0.3, -0.25) is 9.69 Å². The number of carbonyl (C=O) groups is 2. The van der Waals surface area contributed by atoms with E-state index in [2.05, 4.69) is 14.7 Å². The first-order valence-corrected chi connectivity index (χ1v) is 17.1. The van der Waals surface area contributed by atoms with Gasteiger partial charge in [-0.05, 0) is 37.1 Å². The molecule has 3 aromatic carbocycles. The number of morpholine rings is 2. The Labute approximate surface area is 287 Å². The second-order valence-electron chi connectivity index (χ2n) is 13.0. The summed E-state index contributed by atoms with van der Waals surface area (Å²) in [7, 11) is 0. The van der Waals surface area contributed by atoms with E-state index in [-0.39, 0.29) is 58.0 Å². The fraction of sp³-hybridized carbons (Fsp3) is 0.429. The molecule has 8 rings (SSSR count). The Bertz CT molecular complexity index is 1740. The lowest BCUT2D eigenvalue weighted by Gasteiger charge is -2.47. The smallest absolute Gasteiger partial charge is 0.337 e. The molecule has 4 fully saturated rings. The second-order valence-corrected chi connectivity index (χ2v) is 13.9. The first kappa shape index (κ1) is 31.6. The van der Waals surface area contributed by atoms with Crippen LogP contribution in [-0.2, 0) is 16.0 Å². The van der Waals surface area contributed by atoms with Crippen molar-refractivity contribution in [2.45, 2.75) is 37.5 Å². The Hall–Kier alpha value is -3.61. The molecule has 5 heterocycles. The summed E-state index contributed by atoms with van der Waals surface area (Å²) in [6.45, 7) is 6.17. The van der Waals surface area contributed by atoms with Gasteiger partial charge in [-0.2, -0.15) is 0 Å². The van der Waals surface area contributed by atoms with E-state index in [0.717, 1.165) is 64.0 Å². The first-order chi connectivity index (χ1) is 23.3. The van der Waals surface area contributed by atoms with Gasteiger partial charge in [0.15, 0.2) is 6.73 Å². The summed E-state index contributed by atoms with van der Waals surface area (Å²) in [5, 5.41) is 10.5. The summed E-state index contributed by atoms with van der Waals surface area (Å²) in [5.41, 5.74) is 2.88. The molecular weight excluding hydrogens is 662 g/mol. The average molecular weight is 698 g/mol. The summed E-state index contributed by atoms with van der Waals surface area (Å²) in [6.07, 6.45) is 1.77. The first-order valence-electron chi connectivity index (χ1n) is 16.3. The summed E-state index contributed by atoms with van der Waals surface area (Å²) in [5.74, 6) is -1.78. The van der Waals surface area contributed by atoms with E-state index in [0.29, 0.717) is 41.8 Å². The van der Waals surface area contributed by atoms with Crippen molar-refractivity contribution in [3.63, 3.8) is 0 Å². The van der Waals surface area contributed by atoms with Gasteiger partial charge >= 0.3 is 5.97 Å². The van der Waals surface area contributed by atoms with E-state index in [1.165, 1.54) is 4.90 Å². The van der Waals surface area contributed by atoms with E-state index >= 15 is 4.39 Å². The molecule has 0 aromatic heterocycles. The molecule has 252 valence electrons. The molecule has 0 aliphatic carbocycles. The lowest BCUT2D eigenvalue weighted by Crippen LogP contribution is -2.61. The number of ether oxygens (including phenoxy) is 3. The maximum absolute atomic E-state index is 15.7. The van der Waals surface area contributed by atoms with Crippen LogP contribution in [-0.4, -0.2) is 104 Å². The number of nitrogens with zero attached hydrogens (tertiary/aromatic N) is 4. The molecule has 48 heavy (non-hydrogen) atoms. The van der Waals surface area contributed by atoms with Crippen LogP contribution in [0.2, 0.25) is 10.0 Å². The molecule has 3 aromatic rings. The topological polar surface area (TPSA) is 95.0 Å². The molecule has 2 atom stereocenters. The van der Waals surface area contributed by atoms with E-state index < -0.39 is 11.8 Å². The highest BCUT2D eigenvalue weighted by Gasteiger charge is 2.40. The maximum Gasteiger partial charge on any atom is 0.337 e. The Morgan fingerprint density at radius 1 is 0.896 bits per heavy atom. The molecular formula is C35H35Cl2FN4O6. The van der Waals surface area contributed by atoms with Crippen molar-refractivity contribution < 1.29 is 33.3 Å². The van der Waals surface area contributed by atoms with E-state index in [9.17, 15) is 14.7 Å². The number of fused-ring (bicyclic) bond motifs is 3. The van der Waals surface area contributed by atoms with Crippen molar-refractivity contribution in [2.75, 3.05) is 69.1 Å². The Balaban J connectivity index is 1.03. The van der Waals surface area contributed by atoms with Crippen LogP contribution in [0.1, 0.15) is 39.1 Å². The molecule has 0 spiro atoms. The zero-order valence-corrected chi connectivity index (χ0v) is 27.7. The van der Waals surface area contributed by atoms with Crippen LogP contribution in [0.15, 0.2) is 42.5 Å². The van der Waals surface area contributed by atoms with Crippen LogP contribution in [0, 0.1) is 5.82 Å².